The highest BCUT2D eigenvalue weighted by Crippen LogP contribution is 2.35. The Morgan fingerprint density at radius 3 is 2.67 bits per heavy atom. The molecule has 0 atom stereocenters. The molecule has 0 bridgehead atoms. The highest BCUT2D eigenvalue weighted by Gasteiger charge is 2.26. The van der Waals surface area contributed by atoms with Gasteiger partial charge in [0.25, 0.3) is 0 Å². The Labute approximate surface area is 194 Å². The van der Waals surface area contributed by atoms with E-state index in [1.54, 1.807) is 12.1 Å². The second-order valence-electron chi connectivity index (χ2n) is 9.15. The maximum Gasteiger partial charge on any atom is 0.225 e. The number of rotatable bonds is 7. The summed E-state index contributed by atoms with van der Waals surface area (Å²) >= 11 is 0. The van der Waals surface area contributed by atoms with Gasteiger partial charge in [0.2, 0.25) is 13.2 Å². The Morgan fingerprint density at radius 1 is 1.15 bits per heavy atom. The van der Waals surface area contributed by atoms with Gasteiger partial charge in [0.1, 0.15) is 5.82 Å². The van der Waals surface area contributed by atoms with Crippen LogP contribution in [-0.2, 0) is 9.53 Å². The fourth-order valence-electron chi connectivity index (χ4n) is 4.96. The molecule has 33 heavy (non-hydrogen) atoms. The average Bonchev–Trinajstić information content (AvgIpc) is 3.59. The van der Waals surface area contributed by atoms with Crippen molar-refractivity contribution in [3.8, 4) is 11.3 Å². The molecule has 6 nitrogen and oxygen atoms in total. The van der Waals surface area contributed by atoms with Crippen LogP contribution in [0.5, 0.6) is 0 Å². The average molecular weight is 447 g/mol. The molecule has 1 aromatic heterocycles. The molecule has 1 aliphatic carbocycles. The third kappa shape index (κ3) is 5.11. The lowest BCUT2D eigenvalue weighted by molar-refractivity contribution is -0.120. The monoisotopic (exact) mass is 447 g/mol. The van der Waals surface area contributed by atoms with Gasteiger partial charge in [0.15, 0.2) is 0 Å². The molecule has 3 heterocycles. The molecule has 2 aromatic rings. The van der Waals surface area contributed by atoms with Crippen molar-refractivity contribution >= 4 is 18.8 Å². The number of hydrogen-bond acceptors (Lipinski definition) is 4. The van der Waals surface area contributed by atoms with Gasteiger partial charge in [-0.15, -0.1) is 0 Å². The summed E-state index contributed by atoms with van der Waals surface area (Å²) < 4.78 is 21.0. The molecule has 2 aliphatic heterocycles. The number of nitrogens with zero attached hydrogens (tertiary/aromatic N) is 3. The molecule has 1 N–H and O–H groups in total. The maximum atomic E-state index is 13.6. The van der Waals surface area contributed by atoms with E-state index in [0.29, 0.717) is 18.5 Å². The molecule has 3 aliphatic rings. The van der Waals surface area contributed by atoms with Gasteiger partial charge in [0.05, 0.1) is 24.4 Å². The summed E-state index contributed by atoms with van der Waals surface area (Å²) in [7, 11) is 1.95. The van der Waals surface area contributed by atoms with Crippen molar-refractivity contribution in [1.82, 2.24) is 15.1 Å². The fourth-order valence-corrected chi connectivity index (χ4v) is 4.96. The van der Waals surface area contributed by atoms with Crippen LogP contribution >= 0.6 is 0 Å². The van der Waals surface area contributed by atoms with Crippen molar-refractivity contribution in [2.45, 2.75) is 51.0 Å². The van der Waals surface area contributed by atoms with Crippen LogP contribution in [0.4, 0.5) is 4.39 Å². The first-order valence-electron chi connectivity index (χ1n) is 12.0. The lowest BCUT2D eigenvalue weighted by atomic mass is 9.70. The predicted octanol–water partition coefficient (Wildman–Crippen LogP) is 4.04. The highest BCUT2D eigenvalue weighted by atomic mass is 19.1. The van der Waals surface area contributed by atoms with Gasteiger partial charge in [-0.2, -0.15) is 5.10 Å². The van der Waals surface area contributed by atoms with E-state index in [0.717, 1.165) is 67.0 Å². The maximum absolute atomic E-state index is 13.6. The first kappa shape index (κ1) is 22.1. The number of halogens is 1. The van der Waals surface area contributed by atoms with Crippen molar-refractivity contribution in [2.24, 2.45) is 10.9 Å². The Balaban J connectivity index is 1.31. The normalized spacial score (nSPS) is 19.3. The van der Waals surface area contributed by atoms with Crippen molar-refractivity contribution in [2.75, 3.05) is 19.8 Å². The molecule has 0 spiro atoms. The third-order valence-corrected chi connectivity index (χ3v) is 6.83. The summed E-state index contributed by atoms with van der Waals surface area (Å²) in [5.74, 6) is 2.13. The Bertz CT molecular complexity index is 1050. The third-order valence-electron chi connectivity index (χ3n) is 6.83. The van der Waals surface area contributed by atoms with Crippen LogP contribution < -0.4 is 5.32 Å². The SMILES string of the molecule is O=C(CC1=C[B]C(c2cnn(C3CCCC3)c2-c2ccc(F)cc2)=N1)NCC1CCOCC1. The lowest BCUT2D eigenvalue weighted by Crippen LogP contribution is -2.32. The fraction of sp³-hybridized carbons (Fsp3) is 0.480. The first-order chi connectivity index (χ1) is 16.2. The van der Waals surface area contributed by atoms with Crippen LogP contribution in [0, 0.1) is 11.7 Å². The Morgan fingerprint density at radius 2 is 1.91 bits per heavy atom. The van der Waals surface area contributed by atoms with E-state index in [1.807, 2.05) is 19.5 Å². The van der Waals surface area contributed by atoms with E-state index in [1.165, 1.54) is 25.0 Å². The number of amides is 1. The predicted molar refractivity (Wildman–Crippen MR) is 127 cm³/mol. The molecule has 1 radical (unpaired) electrons. The summed E-state index contributed by atoms with van der Waals surface area (Å²) in [5, 5.41) is 7.77. The zero-order valence-electron chi connectivity index (χ0n) is 18.8. The molecule has 0 unspecified atom stereocenters. The van der Waals surface area contributed by atoms with Crippen LogP contribution in [0.3, 0.4) is 0 Å². The largest absolute Gasteiger partial charge is 0.381 e. The van der Waals surface area contributed by atoms with Gasteiger partial charge in [-0.3, -0.25) is 14.5 Å². The zero-order chi connectivity index (χ0) is 22.6. The smallest absolute Gasteiger partial charge is 0.225 e. The first-order valence-corrected chi connectivity index (χ1v) is 12.0. The van der Waals surface area contributed by atoms with Crippen molar-refractivity contribution in [3.63, 3.8) is 0 Å². The van der Waals surface area contributed by atoms with Crippen molar-refractivity contribution < 1.29 is 13.9 Å². The van der Waals surface area contributed by atoms with E-state index in [2.05, 4.69) is 10.00 Å². The van der Waals surface area contributed by atoms with E-state index in [4.69, 9.17) is 14.8 Å². The topological polar surface area (TPSA) is 68.5 Å². The van der Waals surface area contributed by atoms with Gasteiger partial charge in [-0.05, 0) is 55.9 Å². The second-order valence-corrected chi connectivity index (χ2v) is 9.15. The van der Waals surface area contributed by atoms with Crippen LogP contribution in [0.25, 0.3) is 11.3 Å². The molecule has 1 saturated heterocycles. The molecule has 8 heteroatoms. The summed E-state index contributed by atoms with van der Waals surface area (Å²) in [5.41, 5.74) is 4.35. The Hall–Kier alpha value is -2.74. The molecule has 1 amide bonds. The van der Waals surface area contributed by atoms with Crippen molar-refractivity contribution in [3.05, 3.63) is 53.5 Å². The van der Waals surface area contributed by atoms with Crippen LogP contribution in [0.1, 0.15) is 56.6 Å². The molecule has 1 saturated carbocycles. The van der Waals surface area contributed by atoms with Gasteiger partial charge in [-0.1, -0.05) is 18.8 Å². The molecular weight excluding hydrogens is 418 g/mol. The number of hydrogen-bond donors (Lipinski definition) is 1. The minimum absolute atomic E-state index is 0.00782. The van der Waals surface area contributed by atoms with E-state index in [-0.39, 0.29) is 18.1 Å². The minimum atomic E-state index is -0.257. The van der Waals surface area contributed by atoms with Crippen LogP contribution in [0.15, 0.2) is 47.1 Å². The number of carbonyl (C=O) groups excluding carboxylic acids is 1. The van der Waals surface area contributed by atoms with Crippen LogP contribution in [-0.4, -0.2) is 48.3 Å². The minimum Gasteiger partial charge on any atom is -0.381 e. The van der Waals surface area contributed by atoms with E-state index < -0.39 is 0 Å². The summed E-state index contributed by atoms with van der Waals surface area (Å²) in [6.45, 7) is 2.25. The Kier molecular flexibility index (Phi) is 6.71. The number of aliphatic imine (C=N–C) groups is 1. The van der Waals surface area contributed by atoms with E-state index >= 15 is 0 Å². The van der Waals surface area contributed by atoms with Gasteiger partial charge >= 0.3 is 0 Å². The molecule has 171 valence electrons. The number of ether oxygens (including phenoxy) is 1. The van der Waals surface area contributed by atoms with Gasteiger partial charge in [-0.25, -0.2) is 4.39 Å². The number of nitrogens with one attached hydrogen (secondary N) is 1. The van der Waals surface area contributed by atoms with Gasteiger partial charge in [0, 0.05) is 42.2 Å². The highest BCUT2D eigenvalue weighted by molar-refractivity contribution is 6.83. The standard InChI is InChI=1S/C25H29BFN4O2/c27-19-7-5-18(6-8-19)24-22(16-29-31(24)21-3-1-2-4-21)25-26-14-20(30-25)13-23(32)28-15-17-9-11-33-12-10-17/h5-8,14,16-17,21H,1-4,9-13,15H2,(H,28,32). The summed E-state index contributed by atoms with van der Waals surface area (Å²) in [6, 6.07) is 6.92. The summed E-state index contributed by atoms with van der Waals surface area (Å²) in [4.78, 5) is 17.2. The molecule has 5 rings (SSSR count). The van der Waals surface area contributed by atoms with Crippen molar-refractivity contribution in [1.29, 1.82) is 0 Å². The lowest BCUT2D eigenvalue weighted by Gasteiger charge is -2.22. The quantitative estimate of drug-likeness (QED) is 0.652. The molecular formula is C25H29BFN4O2. The zero-order valence-corrected chi connectivity index (χ0v) is 18.8. The molecule has 2 fully saturated rings. The number of carbonyl (C=O) groups is 1. The van der Waals surface area contributed by atoms with Crippen LogP contribution in [0.2, 0.25) is 0 Å². The van der Waals surface area contributed by atoms with Gasteiger partial charge < -0.3 is 10.1 Å². The molecule has 1 aromatic carbocycles. The van der Waals surface area contributed by atoms with E-state index in [9.17, 15) is 9.18 Å². The second kappa shape index (κ2) is 10.0. The summed E-state index contributed by atoms with van der Waals surface area (Å²) in [6.07, 6.45) is 8.70. The number of aromatic nitrogens is 2. The number of benzene rings is 1.